The molecule has 0 aromatic carbocycles. The number of fused-ring (bicyclic) bond motifs is 1. The van der Waals surface area contributed by atoms with Gasteiger partial charge < -0.3 is 15.0 Å². The van der Waals surface area contributed by atoms with E-state index in [0.29, 0.717) is 68.3 Å². The van der Waals surface area contributed by atoms with E-state index in [4.69, 9.17) is 4.74 Å². The first-order valence-corrected chi connectivity index (χ1v) is 12.7. The Balaban J connectivity index is 1.56. The van der Waals surface area contributed by atoms with E-state index in [9.17, 15) is 19.6 Å². The summed E-state index contributed by atoms with van der Waals surface area (Å²) < 4.78 is 5.04. The van der Waals surface area contributed by atoms with E-state index in [1.165, 1.54) is 11.1 Å². The first kappa shape index (κ1) is 27.3. The molecule has 4 heterocycles. The summed E-state index contributed by atoms with van der Waals surface area (Å²) in [5, 5.41) is 14.7. The van der Waals surface area contributed by atoms with Gasteiger partial charge in [-0.05, 0) is 31.5 Å². The fourth-order valence-electron chi connectivity index (χ4n) is 4.47. The summed E-state index contributed by atoms with van der Waals surface area (Å²) in [7, 11) is 3.47. The predicted octanol–water partition coefficient (Wildman–Crippen LogP) is 1.74. The molecule has 200 valence electrons. The van der Waals surface area contributed by atoms with E-state index in [1.54, 1.807) is 18.1 Å². The van der Waals surface area contributed by atoms with Crippen LogP contribution in [0.25, 0.3) is 0 Å². The minimum absolute atomic E-state index is 0.0129. The molecular weight excluding hydrogens is 508 g/mol. The zero-order valence-corrected chi connectivity index (χ0v) is 22.3. The molecule has 2 aliphatic heterocycles. The molecule has 13 heteroatoms. The smallest absolute Gasteiger partial charge is 0.328 e. The van der Waals surface area contributed by atoms with E-state index in [1.807, 2.05) is 18.0 Å². The Kier molecular flexibility index (Phi) is 8.77. The second-order valence-corrected chi connectivity index (χ2v) is 9.58. The number of nitriles is 1. The van der Waals surface area contributed by atoms with E-state index in [-0.39, 0.29) is 24.0 Å². The highest BCUT2D eigenvalue weighted by Crippen LogP contribution is 2.30. The number of pyridine rings is 2. The number of carbonyl (C=O) groups is 3. The number of aryl methyl sites for hydroxylation is 1. The van der Waals surface area contributed by atoms with Crippen LogP contribution in [0.4, 0.5) is 22.1 Å². The van der Waals surface area contributed by atoms with Crippen LogP contribution in [-0.2, 0) is 22.5 Å². The Morgan fingerprint density at radius 2 is 2.08 bits per heavy atom. The van der Waals surface area contributed by atoms with Crippen molar-refractivity contribution < 1.29 is 19.1 Å². The average Bonchev–Trinajstić information content (AvgIpc) is 2.89. The fourth-order valence-corrected chi connectivity index (χ4v) is 4.66. The molecule has 38 heavy (non-hydrogen) atoms. The van der Waals surface area contributed by atoms with Crippen molar-refractivity contribution in [1.82, 2.24) is 19.8 Å². The maximum atomic E-state index is 13.3. The minimum atomic E-state index is -0.532. The predicted molar refractivity (Wildman–Crippen MR) is 144 cm³/mol. The van der Waals surface area contributed by atoms with Crippen LogP contribution in [0.15, 0.2) is 18.3 Å². The molecule has 12 nitrogen and oxygen atoms in total. The van der Waals surface area contributed by atoms with Gasteiger partial charge in [-0.1, -0.05) is 12.6 Å². The Bertz CT molecular complexity index is 1280. The summed E-state index contributed by atoms with van der Waals surface area (Å²) in [5.41, 5.74) is 2.42. The van der Waals surface area contributed by atoms with E-state index < -0.39 is 11.1 Å². The summed E-state index contributed by atoms with van der Waals surface area (Å²) >= 11 is 4.02. The van der Waals surface area contributed by atoms with Gasteiger partial charge in [-0.3, -0.25) is 24.7 Å². The molecule has 0 atom stereocenters. The Hall–Kier alpha value is -3.73. The molecule has 2 N–H and O–H groups in total. The molecule has 0 aliphatic carbocycles. The normalized spacial score (nSPS) is 15.6. The van der Waals surface area contributed by atoms with Gasteiger partial charge in [0.25, 0.3) is 0 Å². The molecule has 0 bridgehead atoms. The first-order chi connectivity index (χ1) is 18.3. The van der Waals surface area contributed by atoms with Gasteiger partial charge in [0.2, 0.25) is 11.0 Å². The summed E-state index contributed by atoms with van der Waals surface area (Å²) in [6, 6.07) is 5.05. The molecule has 0 radical (unpaired) electrons. The number of amides is 3. The fraction of sp³-hybridized carbons (Fsp3) is 0.440. The van der Waals surface area contributed by atoms with Gasteiger partial charge in [-0.2, -0.15) is 5.26 Å². The number of hydrogen-bond donors (Lipinski definition) is 3. The summed E-state index contributed by atoms with van der Waals surface area (Å²) in [6.07, 6.45) is 2.77. The van der Waals surface area contributed by atoms with E-state index in [0.717, 1.165) is 12.1 Å². The lowest BCUT2D eigenvalue weighted by Gasteiger charge is -2.33. The van der Waals surface area contributed by atoms with Crippen molar-refractivity contribution in [3.8, 4) is 6.07 Å². The maximum Gasteiger partial charge on any atom is 0.328 e. The van der Waals surface area contributed by atoms with Crippen molar-refractivity contribution in [3.63, 3.8) is 0 Å². The number of nitrogens with one attached hydrogen (secondary N) is 2. The SMILES string of the molecule is COCCNc1cc(NC(=O)N2CCCc3cc(CN4CCN(C)CC4=O)c(C(=O)S)nc32)ncc1C#N. The minimum Gasteiger partial charge on any atom is -0.383 e. The summed E-state index contributed by atoms with van der Waals surface area (Å²) in [6.45, 7) is 3.21. The van der Waals surface area contributed by atoms with Gasteiger partial charge in [0, 0.05) is 57.7 Å². The number of piperazine rings is 1. The average molecular weight is 539 g/mol. The quantitative estimate of drug-likeness (QED) is 0.338. The third-order valence-corrected chi connectivity index (χ3v) is 6.65. The van der Waals surface area contributed by atoms with Crippen LogP contribution in [0.1, 0.15) is 33.6 Å². The topological polar surface area (TPSA) is 144 Å². The largest absolute Gasteiger partial charge is 0.383 e. The van der Waals surface area contributed by atoms with Crippen LogP contribution < -0.4 is 15.5 Å². The van der Waals surface area contributed by atoms with Crippen molar-refractivity contribution in [2.75, 3.05) is 69.0 Å². The van der Waals surface area contributed by atoms with Crippen molar-refractivity contribution in [1.29, 1.82) is 5.26 Å². The van der Waals surface area contributed by atoms with Crippen molar-refractivity contribution >= 4 is 47.0 Å². The van der Waals surface area contributed by atoms with Gasteiger partial charge in [0.05, 0.1) is 24.4 Å². The number of thiol groups is 1. The monoisotopic (exact) mass is 538 g/mol. The zero-order valence-electron chi connectivity index (χ0n) is 21.4. The lowest BCUT2D eigenvalue weighted by Crippen LogP contribution is -2.48. The highest BCUT2D eigenvalue weighted by atomic mass is 32.1. The van der Waals surface area contributed by atoms with Gasteiger partial charge in [-0.15, -0.1) is 0 Å². The lowest BCUT2D eigenvalue weighted by atomic mass is 10.0. The highest BCUT2D eigenvalue weighted by molar-refractivity contribution is 7.97. The zero-order chi connectivity index (χ0) is 27.2. The molecule has 0 unspecified atom stereocenters. The van der Waals surface area contributed by atoms with Crippen molar-refractivity contribution in [3.05, 3.63) is 40.7 Å². The maximum absolute atomic E-state index is 13.3. The summed E-state index contributed by atoms with van der Waals surface area (Å²) in [5.74, 6) is 0.629. The van der Waals surface area contributed by atoms with Crippen LogP contribution >= 0.6 is 12.6 Å². The number of likely N-dealkylation sites (N-methyl/N-ethyl adjacent to an activating group) is 1. The van der Waals surface area contributed by atoms with Gasteiger partial charge >= 0.3 is 6.03 Å². The standard InChI is InChI=1S/C25H30N8O4S/c1-31-7-8-32(21(34)15-31)14-17-10-16-4-3-6-33(23(16)30-22(17)24(35)38)25(36)29-20-11-19(27-5-9-37-2)18(12-26)13-28-20/h10-11,13H,3-9,14-15H2,1-2H3,(H,35,38)(H2,27,28,29,36). The number of ether oxygens (including phenoxy) is 1. The number of hydrogen-bond acceptors (Lipinski definition) is 9. The highest BCUT2D eigenvalue weighted by Gasteiger charge is 2.29. The molecule has 4 rings (SSSR count). The van der Waals surface area contributed by atoms with Crippen LogP contribution in [0.3, 0.4) is 0 Å². The van der Waals surface area contributed by atoms with E-state index >= 15 is 0 Å². The molecule has 2 aromatic heterocycles. The Morgan fingerprint density at radius 3 is 2.79 bits per heavy atom. The van der Waals surface area contributed by atoms with Crippen LogP contribution in [-0.4, -0.2) is 90.3 Å². The second-order valence-electron chi connectivity index (χ2n) is 9.17. The Morgan fingerprint density at radius 1 is 1.26 bits per heavy atom. The Labute approximate surface area is 226 Å². The van der Waals surface area contributed by atoms with Crippen LogP contribution in [0.5, 0.6) is 0 Å². The number of nitrogens with zero attached hydrogens (tertiary/aromatic N) is 6. The van der Waals surface area contributed by atoms with Crippen molar-refractivity contribution in [2.24, 2.45) is 0 Å². The molecule has 0 spiro atoms. The third-order valence-electron chi connectivity index (χ3n) is 6.44. The van der Waals surface area contributed by atoms with Crippen LogP contribution in [0.2, 0.25) is 0 Å². The van der Waals surface area contributed by atoms with Gasteiger partial charge in [-0.25, -0.2) is 14.8 Å². The van der Waals surface area contributed by atoms with Gasteiger partial charge in [0.15, 0.2) is 0 Å². The molecule has 1 saturated heterocycles. The lowest BCUT2D eigenvalue weighted by molar-refractivity contribution is -0.136. The molecule has 2 aliphatic rings. The molecule has 2 aromatic rings. The molecular formula is C25H30N8O4S. The van der Waals surface area contributed by atoms with E-state index in [2.05, 4.69) is 39.3 Å². The second kappa shape index (κ2) is 12.2. The molecule has 3 amide bonds. The first-order valence-electron chi connectivity index (χ1n) is 12.2. The van der Waals surface area contributed by atoms with Crippen molar-refractivity contribution in [2.45, 2.75) is 19.4 Å². The summed E-state index contributed by atoms with van der Waals surface area (Å²) in [4.78, 5) is 52.1. The number of aromatic nitrogens is 2. The third kappa shape index (κ3) is 6.21. The number of urea groups is 1. The van der Waals surface area contributed by atoms with Gasteiger partial charge in [0.1, 0.15) is 23.4 Å². The number of rotatable bonds is 8. The number of carbonyl (C=O) groups excluding carboxylic acids is 3. The molecule has 1 fully saturated rings. The number of anilines is 3. The molecule has 0 saturated carbocycles. The van der Waals surface area contributed by atoms with Crippen LogP contribution in [0, 0.1) is 11.3 Å². The number of methoxy groups -OCH3 is 1.